The van der Waals surface area contributed by atoms with E-state index in [2.05, 4.69) is 84.4 Å². The summed E-state index contributed by atoms with van der Waals surface area (Å²) >= 11 is 3.54. The third-order valence-electron chi connectivity index (χ3n) is 4.76. The van der Waals surface area contributed by atoms with Crippen LogP contribution in [-0.2, 0) is 6.42 Å². The molecule has 22 heavy (non-hydrogen) atoms. The molecule has 0 saturated carbocycles. The van der Waals surface area contributed by atoms with Gasteiger partial charge in [0.2, 0.25) is 0 Å². The Hall–Kier alpha value is -1.86. The van der Waals surface area contributed by atoms with Crippen molar-refractivity contribution in [3.63, 3.8) is 0 Å². The Balaban J connectivity index is 2.01. The Labute approximate surface area is 140 Å². The van der Waals surface area contributed by atoms with Crippen LogP contribution in [0.2, 0.25) is 0 Å². The van der Waals surface area contributed by atoms with Crippen LogP contribution >= 0.6 is 15.9 Å². The molecule has 4 rings (SSSR count). The molecular formula is C21H17Br. The zero-order chi connectivity index (χ0) is 15.3. The lowest BCUT2D eigenvalue weighted by Crippen LogP contribution is -1.95. The van der Waals surface area contributed by atoms with Gasteiger partial charge in [0, 0.05) is 4.47 Å². The minimum atomic E-state index is 1.04. The van der Waals surface area contributed by atoms with Crippen molar-refractivity contribution < 1.29 is 0 Å². The number of halogens is 1. The summed E-state index contributed by atoms with van der Waals surface area (Å²) < 4.78 is 1.13. The van der Waals surface area contributed by atoms with Crippen molar-refractivity contribution in [2.75, 3.05) is 0 Å². The van der Waals surface area contributed by atoms with Crippen LogP contribution in [0.4, 0.5) is 0 Å². The number of rotatable bonds is 1. The summed E-state index contributed by atoms with van der Waals surface area (Å²) in [5.74, 6) is 0. The molecule has 0 N–H and O–H groups in total. The number of aryl methyl sites for hydroxylation is 1. The second-order valence-electron chi connectivity index (χ2n) is 6.06. The van der Waals surface area contributed by atoms with Crippen molar-refractivity contribution in [2.45, 2.75) is 20.3 Å². The summed E-state index contributed by atoms with van der Waals surface area (Å²) in [5.41, 5.74) is 11.2. The van der Waals surface area contributed by atoms with E-state index in [4.69, 9.17) is 0 Å². The molecule has 0 amide bonds. The Morgan fingerprint density at radius 2 is 1.59 bits per heavy atom. The molecule has 0 saturated heterocycles. The van der Waals surface area contributed by atoms with E-state index in [1.54, 1.807) is 0 Å². The van der Waals surface area contributed by atoms with Gasteiger partial charge in [-0.15, -0.1) is 0 Å². The minimum Gasteiger partial charge on any atom is -0.0619 e. The first kappa shape index (κ1) is 13.8. The second kappa shape index (κ2) is 5.10. The van der Waals surface area contributed by atoms with Crippen LogP contribution in [0.25, 0.3) is 22.3 Å². The average molecular weight is 349 g/mol. The fourth-order valence-corrected chi connectivity index (χ4v) is 3.79. The van der Waals surface area contributed by atoms with Gasteiger partial charge in [-0.25, -0.2) is 0 Å². The quantitative estimate of drug-likeness (QED) is 0.378. The Morgan fingerprint density at radius 1 is 0.864 bits per heavy atom. The molecule has 0 bridgehead atoms. The van der Waals surface area contributed by atoms with E-state index in [-0.39, 0.29) is 0 Å². The maximum atomic E-state index is 3.54. The summed E-state index contributed by atoms with van der Waals surface area (Å²) in [6.45, 7) is 4.47. The zero-order valence-corrected chi connectivity index (χ0v) is 14.4. The number of hydrogen-bond donors (Lipinski definition) is 0. The van der Waals surface area contributed by atoms with E-state index in [1.807, 2.05) is 0 Å². The highest BCUT2D eigenvalue weighted by Crippen LogP contribution is 2.44. The highest BCUT2D eigenvalue weighted by Gasteiger charge is 2.23. The summed E-state index contributed by atoms with van der Waals surface area (Å²) in [6, 6.07) is 19.8. The SMILES string of the molecule is Cc1cc2c(c(-c3ccc(Br)cc3)c1C)Cc1ccccc1-2. The molecule has 1 aliphatic rings. The topological polar surface area (TPSA) is 0 Å². The summed E-state index contributed by atoms with van der Waals surface area (Å²) in [7, 11) is 0. The predicted molar refractivity (Wildman–Crippen MR) is 97.3 cm³/mol. The Kier molecular flexibility index (Phi) is 3.19. The molecule has 0 spiro atoms. The van der Waals surface area contributed by atoms with Crippen molar-refractivity contribution in [1.29, 1.82) is 0 Å². The maximum Gasteiger partial charge on any atom is 0.0175 e. The minimum absolute atomic E-state index is 1.04. The molecule has 0 fully saturated rings. The fraction of sp³-hybridized carbons (Fsp3) is 0.143. The van der Waals surface area contributed by atoms with Crippen molar-refractivity contribution >= 4 is 15.9 Å². The van der Waals surface area contributed by atoms with Gasteiger partial charge in [0.15, 0.2) is 0 Å². The van der Waals surface area contributed by atoms with Crippen LogP contribution in [0.5, 0.6) is 0 Å². The molecule has 0 heterocycles. The van der Waals surface area contributed by atoms with Gasteiger partial charge in [-0.3, -0.25) is 0 Å². The average Bonchev–Trinajstić information content (AvgIpc) is 2.88. The third-order valence-corrected chi connectivity index (χ3v) is 5.29. The molecule has 0 atom stereocenters. The predicted octanol–water partition coefficient (Wildman–Crippen LogP) is 6.30. The van der Waals surface area contributed by atoms with Crippen LogP contribution in [0.15, 0.2) is 59.1 Å². The first-order chi connectivity index (χ1) is 10.6. The van der Waals surface area contributed by atoms with Gasteiger partial charge in [-0.05, 0) is 76.9 Å². The third kappa shape index (κ3) is 2.04. The van der Waals surface area contributed by atoms with Crippen LogP contribution in [-0.4, -0.2) is 0 Å². The lowest BCUT2D eigenvalue weighted by molar-refractivity contribution is 1.23. The van der Waals surface area contributed by atoms with E-state index in [0.717, 1.165) is 10.9 Å². The molecule has 0 aromatic heterocycles. The number of hydrogen-bond acceptors (Lipinski definition) is 0. The highest BCUT2D eigenvalue weighted by molar-refractivity contribution is 9.10. The van der Waals surface area contributed by atoms with E-state index in [0.29, 0.717) is 0 Å². The first-order valence-corrected chi connectivity index (χ1v) is 8.42. The van der Waals surface area contributed by atoms with Crippen molar-refractivity contribution in [2.24, 2.45) is 0 Å². The molecule has 108 valence electrons. The molecule has 3 aromatic carbocycles. The first-order valence-electron chi connectivity index (χ1n) is 7.62. The smallest absolute Gasteiger partial charge is 0.0175 e. The van der Waals surface area contributed by atoms with Crippen LogP contribution in [0.3, 0.4) is 0 Å². The molecule has 0 radical (unpaired) electrons. The molecular weight excluding hydrogens is 332 g/mol. The van der Waals surface area contributed by atoms with E-state index < -0.39 is 0 Å². The Morgan fingerprint density at radius 3 is 2.36 bits per heavy atom. The summed E-state index contributed by atoms with van der Waals surface area (Å²) in [6.07, 6.45) is 1.04. The van der Waals surface area contributed by atoms with E-state index in [9.17, 15) is 0 Å². The summed E-state index contributed by atoms with van der Waals surface area (Å²) in [4.78, 5) is 0. The largest absolute Gasteiger partial charge is 0.0619 e. The van der Waals surface area contributed by atoms with Gasteiger partial charge in [-0.2, -0.15) is 0 Å². The van der Waals surface area contributed by atoms with Gasteiger partial charge in [0.05, 0.1) is 0 Å². The van der Waals surface area contributed by atoms with E-state index in [1.165, 1.54) is 44.5 Å². The van der Waals surface area contributed by atoms with Crippen molar-refractivity contribution in [3.8, 4) is 22.3 Å². The van der Waals surface area contributed by atoms with E-state index >= 15 is 0 Å². The molecule has 0 nitrogen and oxygen atoms in total. The van der Waals surface area contributed by atoms with Gasteiger partial charge >= 0.3 is 0 Å². The standard InChI is InChI=1S/C21H17Br/c1-13-11-19-18-6-4-3-5-16(18)12-20(19)21(14(13)2)15-7-9-17(22)10-8-15/h3-11H,12H2,1-2H3. The second-order valence-corrected chi connectivity index (χ2v) is 6.98. The normalized spacial score (nSPS) is 12.1. The number of benzene rings is 3. The maximum absolute atomic E-state index is 3.54. The van der Waals surface area contributed by atoms with Gasteiger partial charge in [-0.1, -0.05) is 58.4 Å². The zero-order valence-electron chi connectivity index (χ0n) is 12.8. The highest BCUT2D eigenvalue weighted by atomic mass is 79.9. The van der Waals surface area contributed by atoms with Gasteiger partial charge < -0.3 is 0 Å². The van der Waals surface area contributed by atoms with Crippen molar-refractivity contribution in [3.05, 3.63) is 81.3 Å². The lowest BCUT2D eigenvalue weighted by atomic mass is 9.89. The molecule has 0 aliphatic heterocycles. The van der Waals surface area contributed by atoms with Crippen LogP contribution < -0.4 is 0 Å². The van der Waals surface area contributed by atoms with Crippen LogP contribution in [0.1, 0.15) is 22.3 Å². The fourth-order valence-electron chi connectivity index (χ4n) is 3.53. The van der Waals surface area contributed by atoms with Crippen molar-refractivity contribution in [1.82, 2.24) is 0 Å². The monoisotopic (exact) mass is 348 g/mol. The Bertz CT molecular complexity index is 873. The summed E-state index contributed by atoms with van der Waals surface area (Å²) in [5, 5.41) is 0. The molecule has 0 unspecified atom stereocenters. The van der Waals surface area contributed by atoms with Gasteiger partial charge in [0.1, 0.15) is 0 Å². The molecule has 1 heteroatoms. The van der Waals surface area contributed by atoms with Gasteiger partial charge in [0.25, 0.3) is 0 Å². The molecule has 1 aliphatic carbocycles. The molecule has 3 aromatic rings. The number of fused-ring (bicyclic) bond motifs is 3. The van der Waals surface area contributed by atoms with Crippen LogP contribution in [0, 0.1) is 13.8 Å². The lowest BCUT2D eigenvalue weighted by Gasteiger charge is -2.16.